The Hall–Kier alpha value is -1.53. The van der Waals surface area contributed by atoms with Crippen LogP contribution in [-0.2, 0) is 6.54 Å². The lowest BCUT2D eigenvalue weighted by Gasteiger charge is -2.28. The topological polar surface area (TPSA) is 45.0 Å². The minimum atomic E-state index is 0.107. The van der Waals surface area contributed by atoms with Gasteiger partial charge in [-0.1, -0.05) is 31.4 Å². The molecule has 20 heavy (non-hydrogen) atoms. The molecule has 1 aliphatic rings. The number of benzene rings is 1. The Bertz CT molecular complexity index is 429. The van der Waals surface area contributed by atoms with E-state index in [1.807, 2.05) is 18.2 Å². The summed E-state index contributed by atoms with van der Waals surface area (Å²) in [5.41, 5.74) is 1.26. The molecule has 0 bridgehead atoms. The first-order chi connectivity index (χ1) is 9.79. The average Bonchev–Trinajstić information content (AvgIpc) is 2.52. The number of nitrogens with zero attached hydrogens (tertiary/aromatic N) is 1. The van der Waals surface area contributed by atoms with Crippen molar-refractivity contribution in [2.75, 3.05) is 6.61 Å². The molecule has 1 aliphatic carbocycles. The standard InChI is InChI=1S/C17H24N2O/c1-14(16-5-3-2-4-6-16)19-13-15-7-9-17(10-8-15)20-12-11-18/h7-10,14,16,19H,2-6,12-13H2,1H3/t14-/m0/s1. The molecule has 3 nitrogen and oxygen atoms in total. The Morgan fingerprint density at radius 1 is 1.25 bits per heavy atom. The minimum absolute atomic E-state index is 0.107. The molecule has 108 valence electrons. The van der Waals surface area contributed by atoms with Crippen LogP contribution in [0.15, 0.2) is 24.3 Å². The van der Waals surface area contributed by atoms with Crippen LogP contribution in [0.4, 0.5) is 0 Å². The zero-order valence-electron chi connectivity index (χ0n) is 12.3. The fourth-order valence-corrected chi connectivity index (χ4v) is 2.90. The molecule has 0 radical (unpaired) electrons. The maximum Gasteiger partial charge on any atom is 0.174 e. The van der Waals surface area contributed by atoms with Gasteiger partial charge in [0.1, 0.15) is 11.8 Å². The van der Waals surface area contributed by atoms with E-state index < -0.39 is 0 Å². The number of rotatable bonds is 6. The van der Waals surface area contributed by atoms with Gasteiger partial charge in [-0.3, -0.25) is 0 Å². The minimum Gasteiger partial charge on any atom is -0.479 e. The summed E-state index contributed by atoms with van der Waals surface area (Å²) < 4.78 is 5.25. The largest absolute Gasteiger partial charge is 0.479 e. The van der Waals surface area contributed by atoms with Crippen molar-refractivity contribution >= 4 is 0 Å². The van der Waals surface area contributed by atoms with E-state index in [1.165, 1.54) is 37.7 Å². The summed E-state index contributed by atoms with van der Waals surface area (Å²) in [6.45, 7) is 3.31. The van der Waals surface area contributed by atoms with Crippen molar-refractivity contribution in [3.63, 3.8) is 0 Å². The lowest BCUT2D eigenvalue weighted by Crippen LogP contribution is -2.34. The SMILES string of the molecule is C[C@H](NCc1ccc(OCC#N)cc1)C1CCCCC1. The number of nitriles is 1. The summed E-state index contributed by atoms with van der Waals surface area (Å²) in [6.07, 6.45) is 6.93. The fraction of sp³-hybridized carbons (Fsp3) is 0.588. The van der Waals surface area contributed by atoms with Gasteiger partial charge in [0.25, 0.3) is 0 Å². The average molecular weight is 272 g/mol. The molecule has 1 aromatic carbocycles. The third kappa shape index (κ3) is 4.54. The summed E-state index contributed by atoms with van der Waals surface area (Å²) in [7, 11) is 0. The third-order valence-corrected chi connectivity index (χ3v) is 4.21. The van der Waals surface area contributed by atoms with Crippen LogP contribution in [0.3, 0.4) is 0 Å². The molecular formula is C17H24N2O. The highest BCUT2D eigenvalue weighted by atomic mass is 16.5. The first-order valence-corrected chi connectivity index (χ1v) is 7.61. The molecule has 2 rings (SSSR count). The predicted octanol–water partition coefficient (Wildman–Crippen LogP) is 3.65. The van der Waals surface area contributed by atoms with Crippen LogP contribution >= 0.6 is 0 Å². The van der Waals surface area contributed by atoms with Crippen molar-refractivity contribution in [1.29, 1.82) is 5.26 Å². The second-order valence-electron chi connectivity index (χ2n) is 5.66. The van der Waals surface area contributed by atoms with Gasteiger partial charge in [0.15, 0.2) is 6.61 Å². The number of nitrogens with one attached hydrogen (secondary N) is 1. The molecule has 3 heteroatoms. The molecule has 1 fully saturated rings. The predicted molar refractivity (Wildman–Crippen MR) is 80.4 cm³/mol. The zero-order chi connectivity index (χ0) is 14.2. The van der Waals surface area contributed by atoms with Gasteiger partial charge in [-0.15, -0.1) is 0 Å². The Balaban J connectivity index is 1.77. The molecule has 0 aliphatic heterocycles. The van der Waals surface area contributed by atoms with E-state index in [1.54, 1.807) is 0 Å². The van der Waals surface area contributed by atoms with E-state index in [4.69, 9.17) is 10.00 Å². The molecule has 0 heterocycles. The van der Waals surface area contributed by atoms with Crippen LogP contribution in [0.25, 0.3) is 0 Å². The van der Waals surface area contributed by atoms with Crippen LogP contribution in [0, 0.1) is 17.2 Å². The van der Waals surface area contributed by atoms with Crippen molar-refractivity contribution in [3.8, 4) is 11.8 Å². The monoisotopic (exact) mass is 272 g/mol. The Labute approximate surface area is 121 Å². The van der Waals surface area contributed by atoms with E-state index in [0.717, 1.165) is 18.2 Å². The summed E-state index contributed by atoms with van der Waals surface area (Å²) in [5, 5.41) is 12.1. The lowest BCUT2D eigenvalue weighted by molar-refractivity contribution is 0.280. The molecule has 0 saturated heterocycles. The van der Waals surface area contributed by atoms with E-state index in [-0.39, 0.29) is 6.61 Å². The molecule has 1 aromatic rings. The summed E-state index contributed by atoms with van der Waals surface area (Å²) in [5.74, 6) is 1.60. The molecule has 0 spiro atoms. The van der Waals surface area contributed by atoms with Gasteiger partial charge in [-0.2, -0.15) is 5.26 Å². The van der Waals surface area contributed by atoms with Crippen LogP contribution in [0.2, 0.25) is 0 Å². The van der Waals surface area contributed by atoms with Crippen molar-refractivity contribution in [1.82, 2.24) is 5.32 Å². The van der Waals surface area contributed by atoms with Crippen LogP contribution in [0.1, 0.15) is 44.6 Å². The molecule has 0 aromatic heterocycles. The van der Waals surface area contributed by atoms with Crippen molar-refractivity contribution in [2.45, 2.75) is 51.6 Å². The van der Waals surface area contributed by atoms with Gasteiger partial charge in [0.05, 0.1) is 0 Å². The molecular weight excluding hydrogens is 248 g/mol. The normalized spacial score (nSPS) is 17.4. The van der Waals surface area contributed by atoms with Gasteiger partial charge in [-0.25, -0.2) is 0 Å². The molecule has 0 amide bonds. The fourth-order valence-electron chi connectivity index (χ4n) is 2.90. The van der Waals surface area contributed by atoms with Crippen molar-refractivity contribution in [3.05, 3.63) is 29.8 Å². The Morgan fingerprint density at radius 3 is 2.60 bits per heavy atom. The number of ether oxygens (including phenoxy) is 1. The maximum absolute atomic E-state index is 8.47. The zero-order valence-corrected chi connectivity index (χ0v) is 12.3. The van der Waals surface area contributed by atoms with E-state index in [2.05, 4.69) is 24.4 Å². The first kappa shape index (κ1) is 14.9. The maximum atomic E-state index is 8.47. The summed E-state index contributed by atoms with van der Waals surface area (Å²) in [4.78, 5) is 0. The number of hydrogen-bond donors (Lipinski definition) is 1. The third-order valence-electron chi connectivity index (χ3n) is 4.21. The highest BCUT2D eigenvalue weighted by molar-refractivity contribution is 5.27. The second-order valence-corrected chi connectivity index (χ2v) is 5.66. The highest BCUT2D eigenvalue weighted by Gasteiger charge is 2.19. The van der Waals surface area contributed by atoms with Gasteiger partial charge in [0.2, 0.25) is 0 Å². The Kier molecular flexibility index (Phi) is 5.88. The summed E-state index contributed by atoms with van der Waals surface area (Å²) >= 11 is 0. The van der Waals surface area contributed by atoms with Crippen LogP contribution in [-0.4, -0.2) is 12.6 Å². The van der Waals surface area contributed by atoms with Gasteiger partial charge in [-0.05, 0) is 43.4 Å². The van der Waals surface area contributed by atoms with Crippen molar-refractivity contribution in [2.24, 2.45) is 5.92 Å². The highest BCUT2D eigenvalue weighted by Crippen LogP contribution is 2.26. The van der Waals surface area contributed by atoms with Crippen molar-refractivity contribution < 1.29 is 4.74 Å². The van der Waals surface area contributed by atoms with E-state index in [9.17, 15) is 0 Å². The molecule has 1 atom stereocenters. The van der Waals surface area contributed by atoms with E-state index >= 15 is 0 Å². The molecule has 0 unspecified atom stereocenters. The molecule has 1 saturated carbocycles. The first-order valence-electron chi connectivity index (χ1n) is 7.61. The lowest BCUT2D eigenvalue weighted by atomic mass is 9.84. The van der Waals surface area contributed by atoms with E-state index in [0.29, 0.717) is 6.04 Å². The second kappa shape index (κ2) is 7.91. The smallest absolute Gasteiger partial charge is 0.174 e. The van der Waals surface area contributed by atoms with Crippen LogP contribution < -0.4 is 10.1 Å². The number of hydrogen-bond acceptors (Lipinski definition) is 3. The quantitative estimate of drug-likeness (QED) is 0.859. The van der Waals surface area contributed by atoms with Gasteiger partial charge in [0, 0.05) is 12.6 Å². The summed E-state index contributed by atoms with van der Waals surface area (Å²) in [6, 6.07) is 10.5. The van der Waals surface area contributed by atoms with Crippen LogP contribution in [0.5, 0.6) is 5.75 Å². The van der Waals surface area contributed by atoms with Gasteiger partial charge >= 0.3 is 0 Å². The Morgan fingerprint density at radius 2 is 1.95 bits per heavy atom. The van der Waals surface area contributed by atoms with Gasteiger partial charge < -0.3 is 10.1 Å². The molecule has 1 N–H and O–H groups in total.